The van der Waals surface area contributed by atoms with Gasteiger partial charge in [0.1, 0.15) is 0 Å². The first-order valence-electron chi connectivity index (χ1n) is 7.06. The Morgan fingerprint density at radius 2 is 1.86 bits per heavy atom. The zero-order valence-corrected chi connectivity index (χ0v) is 11.7. The van der Waals surface area contributed by atoms with Crippen molar-refractivity contribution in [3.8, 4) is 0 Å². The largest absolute Gasteiger partial charge is 0.338 e. The summed E-state index contributed by atoms with van der Waals surface area (Å²) in [4.78, 5) is 37.4. The summed E-state index contributed by atoms with van der Waals surface area (Å²) in [6.45, 7) is 4.39. The highest BCUT2D eigenvalue weighted by molar-refractivity contribution is 5.96. The first-order valence-corrected chi connectivity index (χ1v) is 7.06. The fraction of sp³-hybridized carbons (Fsp3) is 0.538. The second-order valence-electron chi connectivity index (χ2n) is 5.09. The molecule has 2 saturated heterocycles. The van der Waals surface area contributed by atoms with Crippen LogP contribution in [0, 0.1) is 0 Å². The average molecular weight is 290 g/mol. The molecule has 0 atom stereocenters. The number of carbonyl (C=O) groups is 2. The SMILES string of the molecule is O=C(CN1CCN(c2ncccn2)CC1)N1CCNC1=O. The van der Waals surface area contributed by atoms with Crippen LogP contribution in [0.3, 0.4) is 0 Å². The van der Waals surface area contributed by atoms with Crippen molar-refractivity contribution in [1.82, 2.24) is 25.1 Å². The van der Waals surface area contributed by atoms with Gasteiger partial charge in [-0.15, -0.1) is 0 Å². The van der Waals surface area contributed by atoms with E-state index in [9.17, 15) is 9.59 Å². The van der Waals surface area contributed by atoms with E-state index in [4.69, 9.17) is 0 Å². The zero-order chi connectivity index (χ0) is 14.7. The molecule has 0 unspecified atom stereocenters. The molecule has 0 aromatic carbocycles. The maximum atomic E-state index is 12.1. The van der Waals surface area contributed by atoms with Crippen molar-refractivity contribution in [3.05, 3.63) is 18.5 Å². The number of urea groups is 1. The minimum Gasteiger partial charge on any atom is -0.338 e. The Hall–Kier alpha value is -2.22. The average Bonchev–Trinajstić information content (AvgIpc) is 2.95. The normalized spacial score (nSPS) is 19.7. The van der Waals surface area contributed by atoms with E-state index in [0.29, 0.717) is 13.1 Å². The van der Waals surface area contributed by atoms with Crippen molar-refractivity contribution in [2.24, 2.45) is 0 Å². The van der Waals surface area contributed by atoms with Gasteiger partial charge in [-0.25, -0.2) is 14.8 Å². The lowest BCUT2D eigenvalue weighted by molar-refractivity contribution is -0.128. The monoisotopic (exact) mass is 290 g/mol. The Balaban J connectivity index is 1.50. The molecule has 2 aliphatic rings. The van der Waals surface area contributed by atoms with Gasteiger partial charge in [-0.05, 0) is 6.07 Å². The summed E-state index contributed by atoms with van der Waals surface area (Å²) in [5, 5.41) is 2.64. The molecule has 1 N–H and O–H groups in total. The summed E-state index contributed by atoms with van der Waals surface area (Å²) < 4.78 is 0. The van der Waals surface area contributed by atoms with E-state index in [1.165, 1.54) is 4.90 Å². The molecular formula is C13H18N6O2. The zero-order valence-electron chi connectivity index (χ0n) is 11.7. The summed E-state index contributed by atoms with van der Waals surface area (Å²) in [7, 11) is 0. The summed E-state index contributed by atoms with van der Waals surface area (Å²) >= 11 is 0. The standard InChI is InChI=1S/C13H18N6O2/c20-11(19-5-4-16-13(19)21)10-17-6-8-18(9-7-17)12-14-2-1-3-15-12/h1-3H,4-10H2,(H,16,21). The van der Waals surface area contributed by atoms with Crippen molar-refractivity contribution in [1.29, 1.82) is 0 Å². The quantitative estimate of drug-likeness (QED) is 0.781. The molecule has 0 bridgehead atoms. The van der Waals surface area contributed by atoms with Crippen molar-refractivity contribution in [2.45, 2.75) is 0 Å². The second-order valence-corrected chi connectivity index (χ2v) is 5.09. The van der Waals surface area contributed by atoms with Crippen LogP contribution in [0.5, 0.6) is 0 Å². The highest BCUT2D eigenvalue weighted by atomic mass is 16.2. The number of nitrogens with one attached hydrogen (secondary N) is 1. The van der Waals surface area contributed by atoms with E-state index >= 15 is 0 Å². The van der Waals surface area contributed by atoms with Gasteiger partial charge in [-0.3, -0.25) is 14.6 Å². The fourth-order valence-corrected chi connectivity index (χ4v) is 2.55. The minimum absolute atomic E-state index is 0.130. The van der Waals surface area contributed by atoms with Crippen LogP contribution >= 0.6 is 0 Å². The van der Waals surface area contributed by atoms with Gasteiger partial charge in [-0.2, -0.15) is 0 Å². The molecule has 2 fully saturated rings. The number of anilines is 1. The second kappa shape index (κ2) is 6.04. The van der Waals surface area contributed by atoms with Crippen LogP contribution in [0.25, 0.3) is 0 Å². The molecule has 0 radical (unpaired) electrons. The third kappa shape index (κ3) is 3.10. The third-order valence-electron chi connectivity index (χ3n) is 3.72. The molecular weight excluding hydrogens is 272 g/mol. The first kappa shape index (κ1) is 13.7. The predicted molar refractivity (Wildman–Crippen MR) is 75.8 cm³/mol. The van der Waals surface area contributed by atoms with Crippen molar-refractivity contribution >= 4 is 17.9 Å². The number of rotatable bonds is 3. The number of carbonyl (C=O) groups excluding carboxylic acids is 2. The Morgan fingerprint density at radius 1 is 1.14 bits per heavy atom. The molecule has 2 aliphatic heterocycles. The fourth-order valence-electron chi connectivity index (χ4n) is 2.55. The summed E-state index contributed by atoms with van der Waals surface area (Å²) in [5.41, 5.74) is 0. The maximum absolute atomic E-state index is 12.1. The Labute approximate surface area is 122 Å². The highest BCUT2D eigenvalue weighted by Crippen LogP contribution is 2.10. The maximum Gasteiger partial charge on any atom is 0.324 e. The van der Waals surface area contributed by atoms with E-state index in [1.54, 1.807) is 18.5 Å². The van der Waals surface area contributed by atoms with Crippen LogP contribution in [0.4, 0.5) is 10.7 Å². The van der Waals surface area contributed by atoms with Gasteiger partial charge in [0.05, 0.1) is 6.54 Å². The number of amides is 3. The predicted octanol–water partition coefficient (Wildman–Crippen LogP) is -0.850. The lowest BCUT2D eigenvalue weighted by Gasteiger charge is -2.34. The van der Waals surface area contributed by atoms with Crippen molar-refractivity contribution in [3.63, 3.8) is 0 Å². The Kier molecular flexibility index (Phi) is 3.96. The Bertz CT molecular complexity index is 515. The molecule has 0 spiro atoms. The molecule has 3 rings (SSSR count). The van der Waals surface area contributed by atoms with E-state index < -0.39 is 0 Å². The Morgan fingerprint density at radius 3 is 2.48 bits per heavy atom. The van der Waals surface area contributed by atoms with Crippen LogP contribution < -0.4 is 10.2 Å². The number of hydrogen-bond donors (Lipinski definition) is 1. The van der Waals surface area contributed by atoms with E-state index in [1.807, 2.05) is 0 Å². The van der Waals surface area contributed by atoms with Crippen LogP contribution in [0.15, 0.2) is 18.5 Å². The molecule has 8 nitrogen and oxygen atoms in total. The van der Waals surface area contributed by atoms with E-state index in [-0.39, 0.29) is 18.5 Å². The number of imide groups is 1. The van der Waals surface area contributed by atoms with Gasteiger partial charge in [0.25, 0.3) is 0 Å². The smallest absolute Gasteiger partial charge is 0.324 e. The summed E-state index contributed by atoms with van der Waals surface area (Å²) in [5.74, 6) is 0.594. The number of aromatic nitrogens is 2. The minimum atomic E-state index is -0.281. The molecule has 3 amide bonds. The first-order chi connectivity index (χ1) is 10.2. The molecule has 1 aromatic rings. The molecule has 3 heterocycles. The van der Waals surface area contributed by atoms with Gasteiger partial charge in [0, 0.05) is 51.7 Å². The lowest BCUT2D eigenvalue weighted by atomic mass is 10.3. The van der Waals surface area contributed by atoms with E-state index in [0.717, 1.165) is 32.1 Å². The van der Waals surface area contributed by atoms with E-state index in [2.05, 4.69) is 25.1 Å². The number of hydrogen-bond acceptors (Lipinski definition) is 6. The molecule has 0 aliphatic carbocycles. The van der Waals surface area contributed by atoms with Gasteiger partial charge >= 0.3 is 6.03 Å². The highest BCUT2D eigenvalue weighted by Gasteiger charge is 2.28. The van der Waals surface area contributed by atoms with Gasteiger partial charge in [0.2, 0.25) is 11.9 Å². The van der Waals surface area contributed by atoms with Crippen LogP contribution in [-0.2, 0) is 4.79 Å². The van der Waals surface area contributed by atoms with Crippen molar-refractivity contribution < 1.29 is 9.59 Å². The van der Waals surface area contributed by atoms with Crippen LogP contribution in [0.1, 0.15) is 0 Å². The van der Waals surface area contributed by atoms with Gasteiger partial charge in [0.15, 0.2) is 0 Å². The van der Waals surface area contributed by atoms with Gasteiger partial charge in [-0.1, -0.05) is 0 Å². The molecule has 112 valence electrons. The van der Waals surface area contributed by atoms with Gasteiger partial charge < -0.3 is 10.2 Å². The van der Waals surface area contributed by atoms with Crippen LogP contribution in [0.2, 0.25) is 0 Å². The lowest BCUT2D eigenvalue weighted by Crippen LogP contribution is -2.50. The topological polar surface area (TPSA) is 81.7 Å². The molecule has 0 saturated carbocycles. The molecule has 21 heavy (non-hydrogen) atoms. The third-order valence-corrected chi connectivity index (χ3v) is 3.72. The molecule has 8 heteroatoms. The van der Waals surface area contributed by atoms with Crippen LogP contribution in [-0.4, -0.2) is 77.5 Å². The molecule has 1 aromatic heterocycles. The summed E-state index contributed by atoms with van der Waals surface area (Å²) in [6.07, 6.45) is 3.45. The number of nitrogens with zero attached hydrogens (tertiary/aromatic N) is 5. The summed E-state index contributed by atoms with van der Waals surface area (Å²) in [6, 6.07) is 1.51. The van der Waals surface area contributed by atoms with Crippen molar-refractivity contribution in [2.75, 3.05) is 50.7 Å². The number of piperazine rings is 1.